The second-order valence-electron chi connectivity index (χ2n) is 21.0. The normalized spacial score (nSPS) is 11.1. The largest absolute Gasteiger partial charge is 0.466 e. The molecule has 0 radical (unpaired) electrons. The van der Waals surface area contributed by atoms with Crippen LogP contribution in [0, 0.1) is 48.5 Å². The van der Waals surface area contributed by atoms with E-state index in [0.717, 1.165) is 108 Å². The Hall–Kier alpha value is -8.10. The van der Waals surface area contributed by atoms with Gasteiger partial charge in [-0.2, -0.15) is 0 Å². The van der Waals surface area contributed by atoms with Crippen molar-refractivity contribution in [2.75, 3.05) is 0 Å². The van der Waals surface area contributed by atoms with Gasteiger partial charge in [0.2, 0.25) is 0 Å². The van der Waals surface area contributed by atoms with Crippen molar-refractivity contribution in [2.45, 2.75) is 99.8 Å². The molecule has 0 aliphatic heterocycles. The van der Waals surface area contributed by atoms with E-state index in [1.54, 1.807) is 0 Å². The van der Waals surface area contributed by atoms with Crippen molar-refractivity contribution in [3.63, 3.8) is 0 Å². The smallest absolute Gasteiger partial charge is 0.104 e. The Bertz CT molecular complexity index is 4030. The monoisotopic (exact) mass is 1080 g/mol. The molecule has 0 saturated heterocycles. The molecule has 400 valence electrons. The second kappa shape index (κ2) is 26.2. The number of hydrogen-bond acceptors (Lipinski definition) is 7. The van der Waals surface area contributed by atoms with E-state index in [2.05, 4.69) is 234 Å². The maximum Gasteiger partial charge on any atom is 0.104 e. The Balaban J connectivity index is 0.000000120. The average molecular weight is 1080 g/mol. The van der Waals surface area contributed by atoms with Crippen molar-refractivity contribution < 1.29 is 4.42 Å². The third kappa shape index (κ3) is 14.6. The molecule has 7 aromatic heterocycles. The minimum atomic E-state index is 0.919. The van der Waals surface area contributed by atoms with Crippen LogP contribution < -0.4 is 0 Å². The SMILES string of the molecule is Cc1ccc(CCc2cccc3ccc(C)nc23)cc1.Cc1ccc2cccc(CCc3cc4ccccc4s3)c2n1.Cc1ccc2cccc(CCc3ccc(C)o3)c2n1.Cc1ccc2cccc(CCc3ccc(C)s3)c2n1. The number of thiophene rings is 2. The van der Waals surface area contributed by atoms with Gasteiger partial charge in [0.05, 0.1) is 22.1 Å². The Morgan fingerprint density at radius 3 is 1.20 bits per heavy atom. The van der Waals surface area contributed by atoms with E-state index in [0.29, 0.717) is 0 Å². The van der Waals surface area contributed by atoms with Crippen LogP contribution in [-0.2, 0) is 51.4 Å². The number of benzene rings is 6. The number of rotatable bonds is 12. The number of nitrogens with zero attached hydrogens (tertiary/aromatic N) is 4. The van der Waals surface area contributed by atoms with Gasteiger partial charge in [-0.05, 0) is 187 Å². The number of fused-ring (bicyclic) bond motifs is 5. The van der Waals surface area contributed by atoms with Gasteiger partial charge in [0.25, 0.3) is 0 Å². The molecule has 0 aliphatic carbocycles. The van der Waals surface area contributed by atoms with E-state index < -0.39 is 0 Å². The fourth-order valence-corrected chi connectivity index (χ4v) is 12.2. The second-order valence-corrected chi connectivity index (χ2v) is 23.6. The minimum absolute atomic E-state index is 0.919. The van der Waals surface area contributed by atoms with E-state index in [1.807, 2.05) is 42.6 Å². The van der Waals surface area contributed by atoms with Crippen LogP contribution in [0.2, 0.25) is 0 Å². The van der Waals surface area contributed by atoms with E-state index in [-0.39, 0.29) is 0 Å². The number of aromatic nitrogens is 4. The molecular formula is C73H70N4OS2. The van der Waals surface area contributed by atoms with Gasteiger partial charge >= 0.3 is 0 Å². The predicted octanol–water partition coefficient (Wildman–Crippen LogP) is 19.1. The molecule has 0 bridgehead atoms. The molecule has 0 atom stereocenters. The molecule has 0 unspecified atom stereocenters. The van der Waals surface area contributed by atoms with Gasteiger partial charge in [0, 0.05) is 70.1 Å². The molecule has 0 fully saturated rings. The molecule has 7 heterocycles. The third-order valence-electron chi connectivity index (χ3n) is 14.6. The molecule has 80 heavy (non-hydrogen) atoms. The highest BCUT2D eigenvalue weighted by atomic mass is 32.1. The summed E-state index contributed by atoms with van der Waals surface area (Å²) in [6, 6.07) is 71.0. The topological polar surface area (TPSA) is 64.7 Å². The van der Waals surface area contributed by atoms with E-state index in [4.69, 9.17) is 19.4 Å². The van der Waals surface area contributed by atoms with Crippen LogP contribution in [0.15, 0.2) is 205 Å². The lowest BCUT2D eigenvalue weighted by molar-refractivity contribution is 0.482. The van der Waals surface area contributed by atoms with Gasteiger partial charge < -0.3 is 4.42 Å². The Kier molecular flexibility index (Phi) is 18.1. The van der Waals surface area contributed by atoms with E-state index in [1.165, 1.54) is 79.6 Å². The molecule has 0 aliphatic rings. The maximum absolute atomic E-state index is 5.62. The van der Waals surface area contributed by atoms with Crippen molar-refractivity contribution in [3.8, 4) is 0 Å². The molecule has 13 rings (SSSR count). The molecule has 6 aromatic carbocycles. The standard InChI is InChI=1S/C20H17NS.C19H19N.C17H17NO.C17H17NS/c1-14-9-10-15-6-4-7-16(20(15)21-14)11-12-18-13-17-5-2-3-8-19(17)22-18;1-14-6-9-16(10-7-14)11-13-18-5-3-4-17-12-8-15(2)20-19(17)18;2*1-12-6-8-14-4-3-5-15(17(14)18-12)9-11-16-10-7-13(2)19-16/h2-10,13H,11-12H2,1H3;3-10,12H,11,13H2,1-2H3;2*3-8,10H,9,11H2,1-2H3. The summed E-state index contributed by atoms with van der Waals surface area (Å²) in [5, 5.41) is 6.27. The first-order valence-corrected chi connectivity index (χ1v) is 29.6. The molecule has 0 N–H and O–H groups in total. The van der Waals surface area contributed by atoms with Crippen molar-refractivity contribution in [3.05, 3.63) is 282 Å². The van der Waals surface area contributed by atoms with Crippen LogP contribution in [0.5, 0.6) is 0 Å². The average Bonchev–Trinajstić information content (AvgIpc) is 4.24. The molecule has 0 spiro atoms. The first-order valence-electron chi connectivity index (χ1n) is 28.0. The Morgan fingerprint density at radius 1 is 0.325 bits per heavy atom. The molecule has 0 saturated carbocycles. The summed E-state index contributed by atoms with van der Waals surface area (Å²) >= 11 is 3.80. The minimum Gasteiger partial charge on any atom is -0.466 e. The molecule has 0 amide bonds. The van der Waals surface area contributed by atoms with Crippen molar-refractivity contribution in [1.82, 2.24) is 19.9 Å². The quantitative estimate of drug-likeness (QED) is 0.122. The summed E-state index contributed by atoms with van der Waals surface area (Å²) < 4.78 is 7.00. The fraction of sp³-hybridized carbons (Fsp3) is 0.205. The van der Waals surface area contributed by atoms with Crippen LogP contribution in [-0.4, -0.2) is 19.9 Å². The molecule has 13 aromatic rings. The number of furan rings is 1. The van der Waals surface area contributed by atoms with Crippen LogP contribution in [0.1, 0.15) is 82.3 Å². The molecule has 5 nitrogen and oxygen atoms in total. The highest BCUT2D eigenvalue weighted by Gasteiger charge is 2.10. The zero-order valence-electron chi connectivity index (χ0n) is 47.2. The van der Waals surface area contributed by atoms with Crippen LogP contribution in [0.3, 0.4) is 0 Å². The van der Waals surface area contributed by atoms with Crippen LogP contribution in [0.25, 0.3) is 53.7 Å². The van der Waals surface area contributed by atoms with Crippen LogP contribution >= 0.6 is 22.7 Å². The van der Waals surface area contributed by atoms with Gasteiger partial charge in [-0.15, -0.1) is 22.7 Å². The summed E-state index contributed by atoms with van der Waals surface area (Å²) in [5.41, 5.74) is 16.9. The summed E-state index contributed by atoms with van der Waals surface area (Å²) in [4.78, 5) is 23.1. The van der Waals surface area contributed by atoms with Crippen molar-refractivity contribution >= 4 is 76.4 Å². The first-order chi connectivity index (χ1) is 39.0. The first kappa shape index (κ1) is 55.2. The maximum atomic E-state index is 5.62. The Labute approximate surface area is 480 Å². The zero-order valence-corrected chi connectivity index (χ0v) is 48.9. The van der Waals surface area contributed by atoms with Gasteiger partial charge in [0.1, 0.15) is 11.5 Å². The lowest BCUT2D eigenvalue weighted by Crippen LogP contribution is -1.95. The van der Waals surface area contributed by atoms with Crippen LogP contribution in [0.4, 0.5) is 0 Å². The van der Waals surface area contributed by atoms with Gasteiger partial charge in [-0.3, -0.25) is 19.9 Å². The van der Waals surface area contributed by atoms with Crippen molar-refractivity contribution in [1.29, 1.82) is 0 Å². The Morgan fingerprint density at radius 2 is 0.762 bits per heavy atom. The molecule has 7 heteroatoms. The van der Waals surface area contributed by atoms with Gasteiger partial charge in [0.15, 0.2) is 0 Å². The predicted molar refractivity (Wildman–Crippen MR) is 341 cm³/mol. The lowest BCUT2D eigenvalue weighted by atomic mass is 10.0. The lowest BCUT2D eigenvalue weighted by Gasteiger charge is -2.07. The number of pyridine rings is 4. The third-order valence-corrected chi connectivity index (χ3v) is 16.8. The summed E-state index contributed by atoms with van der Waals surface area (Å²) in [6.07, 6.45) is 8.27. The van der Waals surface area contributed by atoms with E-state index >= 15 is 0 Å². The van der Waals surface area contributed by atoms with Gasteiger partial charge in [-0.1, -0.05) is 145 Å². The number of para-hydroxylation sites is 4. The zero-order chi connectivity index (χ0) is 55.4. The van der Waals surface area contributed by atoms with Gasteiger partial charge in [-0.25, -0.2) is 0 Å². The molecular weight excluding hydrogens is 1010 g/mol. The summed E-state index contributed by atoms with van der Waals surface area (Å²) in [7, 11) is 0. The number of aryl methyl sites for hydroxylation is 15. The summed E-state index contributed by atoms with van der Waals surface area (Å²) in [6.45, 7) is 14.5. The van der Waals surface area contributed by atoms with E-state index in [9.17, 15) is 0 Å². The van der Waals surface area contributed by atoms with Crippen molar-refractivity contribution in [2.24, 2.45) is 0 Å². The summed E-state index contributed by atoms with van der Waals surface area (Å²) in [5.74, 6) is 2.02. The highest BCUT2D eigenvalue weighted by molar-refractivity contribution is 7.19. The fourth-order valence-electron chi connectivity index (χ4n) is 10.2. The highest BCUT2D eigenvalue weighted by Crippen LogP contribution is 2.28. The number of hydrogen-bond donors (Lipinski definition) is 0.